The van der Waals surface area contributed by atoms with Crippen molar-refractivity contribution >= 4 is 11.6 Å². The van der Waals surface area contributed by atoms with Crippen LogP contribution in [-0.4, -0.2) is 61.2 Å². The van der Waals surface area contributed by atoms with E-state index in [2.05, 4.69) is 39.2 Å². The maximum atomic E-state index is 5.47. The Balaban J connectivity index is 2.03. The molecule has 0 aliphatic carbocycles. The molecule has 1 aromatic heterocycles. The smallest absolute Gasteiger partial charge is 0.134 e. The van der Waals surface area contributed by atoms with E-state index < -0.39 is 0 Å². The first-order valence-corrected chi connectivity index (χ1v) is 6.38. The van der Waals surface area contributed by atoms with E-state index in [1.54, 1.807) is 6.33 Å². The summed E-state index contributed by atoms with van der Waals surface area (Å²) in [7, 11) is 4.25. The maximum Gasteiger partial charge on any atom is 0.134 e. The van der Waals surface area contributed by atoms with Crippen molar-refractivity contribution in [2.75, 3.05) is 50.5 Å². The van der Waals surface area contributed by atoms with Gasteiger partial charge >= 0.3 is 0 Å². The van der Waals surface area contributed by atoms with E-state index in [0.717, 1.165) is 31.3 Å². The van der Waals surface area contributed by atoms with Crippen LogP contribution in [0.2, 0.25) is 0 Å². The van der Waals surface area contributed by atoms with Crippen molar-refractivity contribution in [2.45, 2.75) is 12.5 Å². The lowest BCUT2D eigenvalue weighted by molar-refractivity contribution is 0.409. The summed E-state index contributed by atoms with van der Waals surface area (Å²) in [6.07, 6.45) is 2.78. The van der Waals surface area contributed by atoms with Crippen molar-refractivity contribution in [2.24, 2.45) is 5.73 Å². The van der Waals surface area contributed by atoms with Gasteiger partial charge in [-0.1, -0.05) is 0 Å². The number of anilines is 2. The van der Waals surface area contributed by atoms with Crippen molar-refractivity contribution in [1.82, 2.24) is 14.9 Å². The molecule has 0 bridgehead atoms. The molecule has 1 aliphatic rings. The van der Waals surface area contributed by atoms with Crippen molar-refractivity contribution < 1.29 is 0 Å². The molecule has 1 atom stereocenters. The number of nitrogens with one attached hydrogen (secondary N) is 1. The van der Waals surface area contributed by atoms with Gasteiger partial charge in [0.25, 0.3) is 0 Å². The van der Waals surface area contributed by atoms with Gasteiger partial charge in [0.05, 0.1) is 0 Å². The highest BCUT2D eigenvalue weighted by molar-refractivity contribution is 5.48. The van der Waals surface area contributed by atoms with Crippen LogP contribution in [0, 0.1) is 0 Å². The minimum atomic E-state index is 0.534. The van der Waals surface area contributed by atoms with Crippen LogP contribution in [0.15, 0.2) is 12.4 Å². The first kappa shape index (κ1) is 13.0. The van der Waals surface area contributed by atoms with Gasteiger partial charge in [0.1, 0.15) is 18.0 Å². The number of nitrogens with two attached hydrogens (primary N) is 1. The minimum absolute atomic E-state index is 0.534. The summed E-state index contributed by atoms with van der Waals surface area (Å²) in [5.74, 6) is 1.80. The quantitative estimate of drug-likeness (QED) is 0.766. The Morgan fingerprint density at radius 1 is 1.56 bits per heavy atom. The molecule has 1 fully saturated rings. The van der Waals surface area contributed by atoms with E-state index in [9.17, 15) is 0 Å². The number of hydrogen-bond donors (Lipinski definition) is 2. The first-order chi connectivity index (χ1) is 8.70. The highest BCUT2D eigenvalue weighted by Crippen LogP contribution is 2.20. The molecular weight excluding hydrogens is 228 g/mol. The Labute approximate surface area is 108 Å². The second kappa shape index (κ2) is 5.97. The van der Waals surface area contributed by atoms with Crippen molar-refractivity contribution in [3.63, 3.8) is 0 Å². The van der Waals surface area contributed by atoms with Gasteiger partial charge in [0.15, 0.2) is 0 Å². The highest BCUT2D eigenvalue weighted by Gasteiger charge is 2.24. The summed E-state index contributed by atoms with van der Waals surface area (Å²) >= 11 is 0. The molecule has 2 heterocycles. The molecule has 1 unspecified atom stereocenters. The van der Waals surface area contributed by atoms with Crippen LogP contribution in [0.5, 0.6) is 0 Å². The van der Waals surface area contributed by atoms with Crippen LogP contribution in [0.1, 0.15) is 6.42 Å². The van der Waals surface area contributed by atoms with Crippen LogP contribution in [0.4, 0.5) is 11.6 Å². The van der Waals surface area contributed by atoms with Crippen LogP contribution in [0.3, 0.4) is 0 Å². The topological polar surface area (TPSA) is 70.3 Å². The third-order valence-corrected chi connectivity index (χ3v) is 3.38. The molecule has 100 valence electrons. The zero-order valence-corrected chi connectivity index (χ0v) is 11.1. The minimum Gasteiger partial charge on any atom is -0.369 e. The predicted molar refractivity (Wildman–Crippen MR) is 73.9 cm³/mol. The maximum absolute atomic E-state index is 5.47. The molecule has 6 heteroatoms. The monoisotopic (exact) mass is 250 g/mol. The number of likely N-dealkylation sites (N-methyl/N-ethyl adjacent to an activating group) is 2. The first-order valence-electron chi connectivity index (χ1n) is 6.38. The Bertz CT molecular complexity index is 383. The largest absolute Gasteiger partial charge is 0.369 e. The summed E-state index contributed by atoms with van der Waals surface area (Å²) in [6.45, 7) is 3.57. The van der Waals surface area contributed by atoms with E-state index in [4.69, 9.17) is 5.73 Å². The van der Waals surface area contributed by atoms with Gasteiger partial charge < -0.3 is 20.9 Å². The standard InChI is InChI=1S/C12H22N6/c1-17-6-3-10(8-17)18(2)12-7-11(14-5-4-13)15-9-16-12/h7,9-10H,3-6,8,13H2,1-2H3,(H,14,15,16). The van der Waals surface area contributed by atoms with Gasteiger partial charge in [-0.3, -0.25) is 0 Å². The SMILES string of the molecule is CN1CCC(N(C)c2cc(NCCN)ncn2)C1. The zero-order valence-electron chi connectivity index (χ0n) is 11.1. The molecule has 1 aromatic rings. The molecular formula is C12H22N6. The molecule has 3 N–H and O–H groups in total. The molecule has 1 aliphatic heterocycles. The van der Waals surface area contributed by atoms with Crippen LogP contribution < -0.4 is 16.0 Å². The van der Waals surface area contributed by atoms with Crippen molar-refractivity contribution in [3.8, 4) is 0 Å². The Kier molecular flexibility index (Phi) is 4.33. The summed E-state index contributed by atoms with van der Waals surface area (Å²) in [6, 6.07) is 2.51. The Morgan fingerprint density at radius 2 is 2.39 bits per heavy atom. The molecule has 1 saturated heterocycles. The van der Waals surface area contributed by atoms with Crippen LogP contribution >= 0.6 is 0 Å². The summed E-state index contributed by atoms with van der Waals surface area (Å²) in [5, 5.41) is 3.18. The van der Waals surface area contributed by atoms with Gasteiger partial charge in [-0.05, 0) is 20.0 Å². The lowest BCUT2D eigenvalue weighted by Crippen LogP contribution is -2.34. The third-order valence-electron chi connectivity index (χ3n) is 3.38. The molecule has 0 spiro atoms. The van der Waals surface area contributed by atoms with Crippen molar-refractivity contribution in [3.05, 3.63) is 12.4 Å². The average Bonchev–Trinajstić information content (AvgIpc) is 2.82. The van der Waals surface area contributed by atoms with Gasteiger partial charge in [0, 0.05) is 38.8 Å². The van der Waals surface area contributed by atoms with Crippen LogP contribution in [-0.2, 0) is 0 Å². The van der Waals surface area contributed by atoms with Gasteiger partial charge in [-0.15, -0.1) is 0 Å². The lowest BCUT2D eigenvalue weighted by atomic mass is 10.2. The van der Waals surface area contributed by atoms with Gasteiger partial charge in [-0.25, -0.2) is 9.97 Å². The zero-order chi connectivity index (χ0) is 13.0. The Hall–Kier alpha value is -1.40. The highest BCUT2D eigenvalue weighted by atomic mass is 15.3. The summed E-state index contributed by atoms with van der Waals surface area (Å²) in [4.78, 5) is 13.1. The molecule has 6 nitrogen and oxygen atoms in total. The van der Waals surface area contributed by atoms with Crippen molar-refractivity contribution in [1.29, 1.82) is 0 Å². The average molecular weight is 250 g/mol. The summed E-state index contributed by atoms with van der Waals surface area (Å²) < 4.78 is 0. The molecule has 0 saturated carbocycles. The third kappa shape index (κ3) is 3.08. The number of hydrogen-bond acceptors (Lipinski definition) is 6. The van der Waals surface area contributed by atoms with E-state index in [0.29, 0.717) is 12.6 Å². The molecule has 0 aromatic carbocycles. The van der Waals surface area contributed by atoms with E-state index in [-0.39, 0.29) is 0 Å². The number of likely N-dealkylation sites (tertiary alicyclic amines) is 1. The second-order valence-electron chi connectivity index (χ2n) is 4.79. The number of nitrogens with zero attached hydrogens (tertiary/aromatic N) is 4. The second-order valence-corrected chi connectivity index (χ2v) is 4.79. The van der Waals surface area contributed by atoms with Gasteiger partial charge in [-0.2, -0.15) is 0 Å². The fourth-order valence-corrected chi connectivity index (χ4v) is 2.25. The summed E-state index contributed by atoms with van der Waals surface area (Å²) in [5.41, 5.74) is 5.47. The number of aromatic nitrogens is 2. The van der Waals surface area contributed by atoms with E-state index in [1.165, 1.54) is 6.42 Å². The van der Waals surface area contributed by atoms with E-state index >= 15 is 0 Å². The molecule has 0 radical (unpaired) electrons. The predicted octanol–water partition coefficient (Wildman–Crippen LogP) is -0.0125. The normalized spacial score (nSPS) is 20.1. The lowest BCUT2D eigenvalue weighted by Gasteiger charge is -2.25. The molecule has 18 heavy (non-hydrogen) atoms. The van der Waals surface area contributed by atoms with E-state index in [1.807, 2.05) is 6.07 Å². The van der Waals surface area contributed by atoms with Crippen LogP contribution in [0.25, 0.3) is 0 Å². The fourth-order valence-electron chi connectivity index (χ4n) is 2.25. The molecule has 2 rings (SSSR count). The molecule has 0 amide bonds. The number of rotatable bonds is 5. The Morgan fingerprint density at radius 3 is 3.06 bits per heavy atom. The van der Waals surface area contributed by atoms with Gasteiger partial charge in [0.2, 0.25) is 0 Å². The fraction of sp³-hybridized carbons (Fsp3) is 0.667.